The number of rotatable bonds is 3. The molecule has 1 aromatic heterocycles. The standard InChI is InChI=1S/C13H19F2N3/c1-3-16-12-10(14)8-11(15)13(17-12)18-6-4-9(2)5-7-18/h8-9H,3-7H2,1-2H3,(H,16,17). The summed E-state index contributed by atoms with van der Waals surface area (Å²) in [6, 6.07) is 0.915. The van der Waals surface area contributed by atoms with Gasteiger partial charge < -0.3 is 10.2 Å². The summed E-state index contributed by atoms with van der Waals surface area (Å²) in [4.78, 5) is 5.97. The Bertz CT molecular complexity index is 415. The molecule has 2 rings (SSSR count). The van der Waals surface area contributed by atoms with Crippen LogP contribution in [0.25, 0.3) is 0 Å². The number of nitrogens with zero attached hydrogens (tertiary/aromatic N) is 2. The fourth-order valence-electron chi connectivity index (χ4n) is 2.19. The predicted octanol–water partition coefficient (Wildman–Crippen LogP) is 3.03. The van der Waals surface area contributed by atoms with Crippen molar-refractivity contribution in [2.24, 2.45) is 5.92 Å². The number of nitrogens with one attached hydrogen (secondary N) is 1. The highest BCUT2D eigenvalue weighted by Gasteiger charge is 2.21. The number of anilines is 2. The maximum Gasteiger partial charge on any atom is 0.168 e. The third kappa shape index (κ3) is 2.71. The maximum atomic E-state index is 13.8. The Morgan fingerprint density at radius 2 is 2.00 bits per heavy atom. The van der Waals surface area contributed by atoms with Crippen molar-refractivity contribution >= 4 is 11.6 Å². The van der Waals surface area contributed by atoms with Crippen molar-refractivity contribution < 1.29 is 8.78 Å². The number of piperidine rings is 1. The van der Waals surface area contributed by atoms with Crippen LogP contribution < -0.4 is 10.2 Å². The maximum absolute atomic E-state index is 13.8. The van der Waals surface area contributed by atoms with Gasteiger partial charge in [0.15, 0.2) is 23.3 Å². The van der Waals surface area contributed by atoms with Crippen molar-refractivity contribution in [1.29, 1.82) is 0 Å². The van der Waals surface area contributed by atoms with Gasteiger partial charge in [-0.15, -0.1) is 0 Å². The molecule has 2 heterocycles. The van der Waals surface area contributed by atoms with Gasteiger partial charge >= 0.3 is 0 Å². The molecule has 3 nitrogen and oxygen atoms in total. The monoisotopic (exact) mass is 255 g/mol. The van der Waals surface area contributed by atoms with E-state index in [2.05, 4.69) is 17.2 Å². The van der Waals surface area contributed by atoms with Gasteiger partial charge in [-0.2, -0.15) is 0 Å². The van der Waals surface area contributed by atoms with Crippen LogP contribution in [0.3, 0.4) is 0 Å². The summed E-state index contributed by atoms with van der Waals surface area (Å²) in [6.45, 7) is 6.17. The average molecular weight is 255 g/mol. The van der Waals surface area contributed by atoms with Crippen LogP contribution in [0.5, 0.6) is 0 Å². The number of aromatic nitrogens is 1. The number of halogens is 2. The van der Waals surface area contributed by atoms with Crippen molar-refractivity contribution in [3.8, 4) is 0 Å². The molecule has 0 unspecified atom stereocenters. The summed E-state index contributed by atoms with van der Waals surface area (Å²) >= 11 is 0. The van der Waals surface area contributed by atoms with Crippen LogP contribution in [-0.4, -0.2) is 24.6 Å². The predicted molar refractivity (Wildman–Crippen MR) is 68.9 cm³/mol. The molecule has 1 aromatic rings. The Kier molecular flexibility index (Phi) is 3.99. The minimum atomic E-state index is -0.636. The zero-order valence-corrected chi connectivity index (χ0v) is 10.8. The van der Waals surface area contributed by atoms with E-state index in [1.165, 1.54) is 0 Å². The van der Waals surface area contributed by atoms with E-state index < -0.39 is 11.6 Å². The molecule has 1 aliphatic rings. The zero-order chi connectivity index (χ0) is 13.1. The highest BCUT2D eigenvalue weighted by molar-refractivity contribution is 5.49. The summed E-state index contributed by atoms with van der Waals surface area (Å²) in [5.74, 6) is -0.156. The lowest BCUT2D eigenvalue weighted by Crippen LogP contribution is -2.34. The van der Waals surface area contributed by atoms with Gasteiger partial charge in [-0.25, -0.2) is 13.8 Å². The highest BCUT2D eigenvalue weighted by atomic mass is 19.1. The summed E-state index contributed by atoms with van der Waals surface area (Å²) in [6.07, 6.45) is 2.05. The number of hydrogen-bond donors (Lipinski definition) is 1. The fourth-order valence-corrected chi connectivity index (χ4v) is 2.19. The molecule has 18 heavy (non-hydrogen) atoms. The van der Waals surface area contributed by atoms with E-state index in [9.17, 15) is 8.78 Å². The van der Waals surface area contributed by atoms with E-state index in [4.69, 9.17) is 0 Å². The molecule has 1 N–H and O–H groups in total. The summed E-state index contributed by atoms with van der Waals surface area (Å²) in [5.41, 5.74) is 0. The smallest absolute Gasteiger partial charge is 0.168 e. The molecule has 0 atom stereocenters. The van der Waals surface area contributed by atoms with Crippen LogP contribution >= 0.6 is 0 Å². The quantitative estimate of drug-likeness (QED) is 0.899. The first-order chi connectivity index (χ1) is 8.61. The normalized spacial score (nSPS) is 17.0. The highest BCUT2D eigenvalue weighted by Crippen LogP contribution is 2.26. The first kappa shape index (κ1) is 13.1. The molecule has 0 amide bonds. The van der Waals surface area contributed by atoms with Crippen LogP contribution in [0, 0.1) is 17.6 Å². The van der Waals surface area contributed by atoms with E-state index in [0.717, 1.165) is 32.0 Å². The van der Waals surface area contributed by atoms with Crippen molar-refractivity contribution in [1.82, 2.24) is 4.98 Å². The van der Waals surface area contributed by atoms with Crippen molar-refractivity contribution in [2.45, 2.75) is 26.7 Å². The van der Waals surface area contributed by atoms with Gasteiger partial charge in [-0.1, -0.05) is 6.92 Å². The minimum absolute atomic E-state index is 0.132. The minimum Gasteiger partial charge on any atom is -0.368 e. The van der Waals surface area contributed by atoms with Crippen LogP contribution in [0.2, 0.25) is 0 Å². The van der Waals surface area contributed by atoms with E-state index in [-0.39, 0.29) is 11.6 Å². The molecule has 0 aliphatic carbocycles. The van der Waals surface area contributed by atoms with Crippen LogP contribution in [0.15, 0.2) is 6.07 Å². The third-order valence-corrected chi connectivity index (χ3v) is 3.34. The lowest BCUT2D eigenvalue weighted by molar-refractivity contribution is 0.431. The van der Waals surface area contributed by atoms with Gasteiger partial charge in [-0.05, 0) is 25.7 Å². The van der Waals surface area contributed by atoms with Gasteiger partial charge in [-0.3, -0.25) is 0 Å². The largest absolute Gasteiger partial charge is 0.368 e. The second-order valence-corrected chi connectivity index (χ2v) is 4.82. The van der Waals surface area contributed by atoms with E-state index in [1.54, 1.807) is 0 Å². The molecule has 5 heteroatoms. The van der Waals surface area contributed by atoms with Crippen molar-refractivity contribution in [2.75, 3.05) is 29.9 Å². The van der Waals surface area contributed by atoms with Crippen LogP contribution in [-0.2, 0) is 0 Å². The Morgan fingerprint density at radius 1 is 1.33 bits per heavy atom. The Hall–Kier alpha value is -1.39. The van der Waals surface area contributed by atoms with E-state index in [1.807, 2.05) is 11.8 Å². The fraction of sp³-hybridized carbons (Fsp3) is 0.615. The Morgan fingerprint density at radius 3 is 2.61 bits per heavy atom. The molecule has 0 aromatic carbocycles. The topological polar surface area (TPSA) is 28.2 Å². The second kappa shape index (κ2) is 5.50. The van der Waals surface area contributed by atoms with Gasteiger partial charge in [0.25, 0.3) is 0 Å². The summed E-state index contributed by atoms with van der Waals surface area (Å²) < 4.78 is 27.2. The third-order valence-electron chi connectivity index (χ3n) is 3.34. The van der Waals surface area contributed by atoms with Crippen LogP contribution in [0.1, 0.15) is 26.7 Å². The van der Waals surface area contributed by atoms with Gasteiger partial charge in [0.1, 0.15) is 0 Å². The molecule has 0 saturated carbocycles. The lowest BCUT2D eigenvalue weighted by atomic mass is 9.99. The number of pyridine rings is 1. The van der Waals surface area contributed by atoms with Crippen molar-refractivity contribution in [3.63, 3.8) is 0 Å². The molecular weight excluding hydrogens is 236 g/mol. The molecule has 0 spiro atoms. The van der Waals surface area contributed by atoms with Gasteiger partial charge in [0.2, 0.25) is 0 Å². The Balaban J connectivity index is 2.23. The zero-order valence-electron chi connectivity index (χ0n) is 10.8. The molecule has 1 fully saturated rings. The SMILES string of the molecule is CCNc1nc(N2CCC(C)CC2)c(F)cc1F. The summed E-state index contributed by atoms with van der Waals surface area (Å²) in [7, 11) is 0. The van der Waals surface area contributed by atoms with Gasteiger partial charge in [0.05, 0.1) is 0 Å². The van der Waals surface area contributed by atoms with E-state index in [0.29, 0.717) is 12.5 Å². The van der Waals surface area contributed by atoms with Crippen molar-refractivity contribution in [3.05, 3.63) is 17.7 Å². The molecule has 100 valence electrons. The first-order valence-corrected chi connectivity index (χ1v) is 6.46. The average Bonchev–Trinajstić information content (AvgIpc) is 2.34. The Labute approximate surface area is 106 Å². The molecule has 0 bridgehead atoms. The summed E-state index contributed by atoms with van der Waals surface area (Å²) in [5, 5.41) is 2.81. The van der Waals surface area contributed by atoms with Gasteiger partial charge in [0, 0.05) is 25.7 Å². The molecule has 0 radical (unpaired) electrons. The second-order valence-electron chi connectivity index (χ2n) is 4.82. The lowest BCUT2D eigenvalue weighted by Gasteiger charge is -2.31. The van der Waals surface area contributed by atoms with Crippen LogP contribution in [0.4, 0.5) is 20.4 Å². The van der Waals surface area contributed by atoms with E-state index >= 15 is 0 Å². The molecule has 1 aliphatic heterocycles. The molecule has 1 saturated heterocycles. The molecular formula is C13H19F2N3. The first-order valence-electron chi connectivity index (χ1n) is 6.46. The number of hydrogen-bond acceptors (Lipinski definition) is 3.